The van der Waals surface area contributed by atoms with Crippen LogP contribution in [0.3, 0.4) is 0 Å². The Balaban J connectivity index is 1.68. The third-order valence-corrected chi connectivity index (χ3v) is 4.47. The van der Waals surface area contributed by atoms with Crippen LogP contribution >= 0.6 is 0 Å². The maximum Gasteiger partial charge on any atom is 0.387 e. The minimum Gasteiger partial charge on any atom is -0.432 e. The van der Waals surface area contributed by atoms with E-state index in [9.17, 15) is 23.7 Å². The van der Waals surface area contributed by atoms with Gasteiger partial charge in [0, 0.05) is 25.2 Å². The van der Waals surface area contributed by atoms with Crippen LogP contribution in [-0.4, -0.2) is 48.8 Å². The molecule has 31 heavy (non-hydrogen) atoms. The third kappa shape index (κ3) is 4.38. The molecule has 0 amide bonds. The average molecular weight is 435 g/mol. The average Bonchev–Trinajstić information content (AvgIpc) is 3.20. The second-order valence-electron chi connectivity index (χ2n) is 6.40. The monoisotopic (exact) mass is 435 g/mol. The quantitative estimate of drug-likeness (QED) is 0.248. The molecule has 12 heteroatoms. The predicted molar refractivity (Wildman–Crippen MR) is 102 cm³/mol. The molecule has 1 aliphatic rings. The molecular weight excluding hydrogens is 420 g/mol. The number of hydrogen-bond acceptors (Lipinski definition) is 9. The first kappa shape index (κ1) is 20.5. The maximum absolute atomic E-state index is 12.8. The van der Waals surface area contributed by atoms with Crippen molar-refractivity contribution in [2.45, 2.75) is 6.61 Å². The van der Waals surface area contributed by atoms with Crippen LogP contribution in [0.5, 0.6) is 11.5 Å². The number of hydrogen-bond donors (Lipinski definition) is 0. The largest absolute Gasteiger partial charge is 0.432 e. The molecule has 0 unspecified atom stereocenters. The van der Waals surface area contributed by atoms with Gasteiger partial charge in [-0.2, -0.15) is 13.8 Å². The standard InChI is InChI=1S/C19H15F2N3O7/c20-18(21)30-14-6-5-13(17(25)29-12-3-1-11(2-4-12)24(26)27)16-15(14)22-19(31-16)23-7-9-28-10-8-23/h1-6,18H,7-10H2. The Bertz CT molecular complexity index is 1110. The van der Waals surface area contributed by atoms with Gasteiger partial charge in [0.1, 0.15) is 11.3 Å². The number of aromatic nitrogens is 1. The number of benzene rings is 2. The Labute approximate surface area is 173 Å². The predicted octanol–water partition coefficient (Wildman–Crippen LogP) is 3.39. The number of nitro groups is 1. The first-order chi connectivity index (χ1) is 14.9. The molecule has 0 N–H and O–H groups in total. The number of ether oxygens (including phenoxy) is 3. The van der Waals surface area contributed by atoms with Crippen molar-refractivity contribution in [3.63, 3.8) is 0 Å². The lowest BCUT2D eigenvalue weighted by atomic mass is 10.2. The molecule has 2 heterocycles. The van der Waals surface area contributed by atoms with E-state index in [1.807, 2.05) is 0 Å². The van der Waals surface area contributed by atoms with E-state index in [4.69, 9.17) is 13.9 Å². The number of rotatable bonds is 6. The van der Waals surface area contributed by atoms with Crippen molar-refractivity contribution < 1.29 is 37.1 Å². The molecule has 2 aromatic carbocycles. The zero-order valence-electron chi connectivity index (χ0n) is 15.8. The zero-order valence-corrected chi connectivity index (χ0v) is 15.8. The van der Waals surface area contributed by atoms with Gasteiger partial charge in [-0.1, -0.05) is 0 Å². The normalized spacial score (nSPS) is 14.1. The number of non-ortho nitro benzene ring substituents is 1. The number of esters is 1. The molecular formula is C19H15F2N3O7. The minimum atomic E-state index is -3.09. The van der Waals surface area contributed by atoms with Gasteiger partial charge in [0.15, 0.2) is 16.8 Å². The van der Waals surface area contributed by atoms with E-state index in [0.717, 1.165) is 0 Å². The van der Waals surface area contributed by atoms with Crippen molar-refractivity contribution in [3.8, 4) is 11.5 Å². The molecule has 1 fully saturated rings. The molecule has 0 saturated carbocycles. The highest BCUT2D eigenvalue weighted by molar-refractivity contribution is 6.03. The Morgan fingerprint density at radius 2 is 1.87 bits per heavy atom. The highest BCUT2D eigenvalue weighted by Crippen LogP contribution is 2.34. The van der Waals surface area contributed by atoms with E-state index in [2.05, 4.69) is 9.72 Å². The lowest BCUT2D eigenvalue weighted by Gasteiger charge is -2.24. The van der Waals surface area contributed by atoms with Gasteiger partial charge < -0.3 is 23.5 Å². The van der Waals surface area contributed by atoms with Crippen molar-refractivity contribution >= 4 is 28.8 Å². The Morgan fingerprint density at radius 3 is 2.52 bits per heavy atom. The summed E-state index contributed by atoms with van der Waals surface area (Å²) in [6, 6.07) is 7.43. The van der Waals surface area contributed by atoms with Gasteiger partial charge >= 0.3 is 12.6 Å². The second kappa shape index (κ2) is 8.52. The van der Waals surface area contributed by atoms with Gasteiger partial charge in [0.2, 0.25) is 0 Å². The van der Waals surface area contributed by atoms with E-state index < -0.39 is 17.5 Å². The van der Waals surface area contributed by atoms with E-state index in [1.165, 1.54) is 36.4 Å². The fourth-order valence-corrected chi connectivity index (χ4v) is 3.01. The number of carbonyl (C=O) groups is 1. The third-order valence-electron chi connectivity index (χ3n) is 4.47. The first-order valence-electron chi connectivity index (χ1n) is 9.10. The molecule has 0 atom stereocenters. The number of anilines is 1. The van der Waals surface area contributed by atoms with Crippen LogP contribution in [0.15, 0.2) is 40.8 Å². The van der Waals surface area contributed by atoms with Crippen molar-refractivity contribution in [1.29, 1.82) is 0 Å². The summed E-state index contributed by atoms with van der Waals surface area (Å²) in [4.78, 5) is 28.8. The second-order valence-corrected chi connectivity index (χ2v) is 6.40. The molecule has 0 radical (unpaired) electrons. The Morgan fingerprint density at radius 1 is 1.16 bits per heavy atom. The van der Waals surface area contributed by atoms with Gasteiger partial charge in [0.25, 0.3) is 11.7 Å². The number of carbonyl (C=O) groups excluding carboxylic acids is 1. The van der Waals surface area contributed by atoms with E-state index in [-0.39, 0.29) is 39.9 Å². The summed E-state index contributed by atoms with van der Waals surface area (Å²) in [5, 5.41) is 10.7. The molecule has 4 rings (SSSR count). The molecule has 1 saturated heterocycles. The molecule has 1 aromatic heterocycles. The fraction of sp³-hybridized carbons (Fsp3) is 0.263. The number of morpholine rings is 1. The first-order valence-corrected chi connectivity index (χ1v) is 9.10. The summed E-state index contributed by atoms with van der Waals surface area (Å²) in [6.45, 7) is -1.27. The van der Waals surface area contributed by atoms with Gasteiger partial charge in [-0.05, 0) is 24.3 Å². The summed E-state index contributed by atoms with van der Waals surface area (Å²) in [7, 11) is 0. The van der Waals surface area contributed by atoms with Crippen LogP contribution in [0.25, 0.3) is 11.1 Å². The smallest absolute Gasteiger partial charge is 0.387 e. The van der Waals surface area contributed by atoms with Crippen molar-refractivity contribution in [2.75, 3.05) is 31.2 Å². The molecule has 3 aromatic rings. The SMILES string of the molecule is O=C(Oc1ccc([N+](=O)[O-])cc1)c1ccc(OC(F)F)c2nc(N3CCOCC3)oc12. The summed E-state index contributed by atoms with van der Waals surface area (Å²) in [5.41, 5.74) is -0.366. The lowest BCUT2D eigenvalue weighted by molar-refractivity contribution is -0.384. The number of nitro benzene ring substituents is 1. The van der Waals surface area contributed by atoms with Crippen LogP contribution in [0.1, 0.15) is 10.4 Å². The van der Waals surface area contributed by atoms with Crippen LogP contribution in [0.4, 0.5) is 20.5 Å². The number of nitrogens with zero attached hydrogens (tertiary/aromatic N) is 3. The molecule has 10 nitrogen and oxygen atoms in total. The van der Waals surface area contributed by atoms with Crippen LogP contribution in [0.2, 0.25) is 0 Å². The van der Waals surface area contributed by atoms with Crippen molar-refractivity contribution in [2.24, 2.45) is 0 Å². The lowest BCUT2D eigenvalue weighted by Crippen LogP contribution is -2.36. The topological polar surface area (TPSA) is 117 Å². The molecule has 0 bridgehead atoms. The number of halogens is 2. The van der Waals surface area contributed by atoms with Gasteiger partial charge in [-0.15, -0.1) is 0 Å². The Hall–Kier alpha value is -3.80. The van der Waals surface area contributed by atoms with Crippen LogP contribution in [-0.2, 0) is 4.74 Å². The van der Waals surface area contributed by atoms with Gasteiger partial charge in [-0.3, -0.25) is 10.1 Å². The molecule has 0 spiro atoms. The summed E-state index contributed by atoms with van der Waals surface area (Å²) in [6.07, 6.45) is 0. The minimum absolute atomic E-state index is 0.0556. The zero-order chi connectivity index (χ0) is 22.0. The highest BCUT2D eigenvalue weighted by Gasteiger charge is 2.25. The molecule has 1 aliphatic heterocycles. The van der Waals surface area contributed by atoms with Crippen molar-refractivity contribution in [1.82, 2.24) is 4.98 Å². The number of fused-ring (bicyclic) bond motifs is 1. The van der Waals surface area contributed by atoms with Crippen molar-refractivity contribution in [3.05, 3.63) is 52.1 Å². The van der Waals surface area contributed by atoms with Gasteiger partial charge in [0.05, 0.1) is 18.1 Å². The fourth-order valence-electron chi connectivity index (χ4n) is 3.01. The van der Waals surface area contributed by atoms with Gasteiger partial charge in [-0.25, -0.2) is 4.79 Å². The summed E-state index contributed by atoms with van der Waals surface area (Å²) < 4.78 is 46.3. The summed E-state index contributed by atoms with van der Waals surface area (Å²) >= 11 is 0. The molecule has 162 valence electrons. The van der Waals surface area contributed by atoms with E-state index >= 15 is 0 Å². The van der Waals surface area contributed by atoms with E-state index in [1.54, 1.807) is 4.90 Å². The van der Waals surface area contributed by atoms with Crippen LogP contribution < -0.4 is 14.4 Å². The highest BCUT2D eigenvalue weighted by atomic mass is 19.3. The van der Waals surface area contributed by atoms with E-state index in [0.29, 0.717) is 26.3 Å². The summed E-state index contributed by atoms with van der Waals surface area (Å²) in [5.74, 6) is -1.04. The maximum atomic E-state index is 12.8. The van der Waals surface area contributed by atoms with Crippen LogP contribution in [0, 0.1) is 10.1 Å². The number of alkyl halides is 2. The Kier molecular flexibility index (Phi) is 5.62. The number of oxazole rings is 1. The molecule has 0 aliphatic carbocycles.